The van der Waals surface area contributed by atoms with E-state index in [1.165, 1.54) is 7.11 Å². The molecule has 5 nitrogen and oxygen atoms in total. The first-order valence-electron chi connectivity index (χ1n) is 6.34. The summed E-state index contributed by atoms with van der Waals surface area (Å²) in [6.07, 6.45) is 0.207. The molecule has 2 rings (SSSR count). The fourth-order valence-corrected chi connectivity index (χ4v) is 2.33. The number of rotatable bonds is 5. The van der Waals surface area contributed by atoms with Crippen molar-refractivity contribution in [1.82, 2.24) is 4.90 Å². The molecule has 0 bridgehead atoms. The van der Waals surface area contributed by atoms with Gasteiger partial charge in [0.1, 0.15) is 12.4 Å². The first kappa shape index (κ1) is 14.7. The third kappa shape index (κ3) is 3.42. The second kappa shape index (κ2) is 6.61. The van der Waals surface area contributed by atoms with E-state index in [0.29, 0.717) is 30.5 Å². The van der Waals surface area contributed by atoms with Crippen molar-refractivity contribution < 1.29 is 19.1 Å². The number of para-hydroxylation sites is 1. The van der Waals surface area contributed by atoms with Gasteiger partial charge in [0.2, 0.25) is 5.91 Å². The zero-order chi connectivity index (χ0) is 14.5. The highest BCUT2D eigenvalue weighted by Crippen LogP contribution is 2.23. The Morgan fingerprint density at radius 1 is 1.45 bits per heavy atom. The third-order valence-corrected chi connectivity index (χ3v) is 3.52. The fraction of sp³-hybridized carbons (Fsp3) is 0.429. The van der Waals surface area contributed by atoms with Crippen molar-refractivity contribution in [1.29, 1.82) is 0 Å². The molecule has 1 aromatic rings. The maximum absolute atomic E-state index is 11.8. The Morgan fingerprint density at radius 2 is 2.20 bits per heavy atom. The van der Waals surface area contributed by atoms with Crippen molar-refractivity contribution in [2.75, 3.05) is 26.8 Å². The zero-order valence-electron chi connectivity index (χ0n) is 11.2. The molecule has 20 heavy (non-hydrogen) atoms. The summed E-state index contributed by atoms with van der Waals surface area (Å²) < 4.78 is 10.2. The van der Waals surface area contributed by atoms with Crippen LogP contribution >= 0.6 is 11.6 Å². The van der Waals surface area contributed by atoms with Crippen LogP contribution in [-0.4, -0.2) is 43.6 Å². The van der Waals surface area contributed by atoms with Gasteiger partial charge in [-0.25, -0.2) is 0 Å². The summed E-state index contributed by atoms with van der Waals surface area (Å²) in [5.74, 6) is -0.172. The van der Waals surface area contributed by atoms with Crippen LogP contribution in [-0.2, 0) is 14.3 Å². The molecule has 1 aliphatic heterocycles. The van der Waals surface area contributed by atoms with Crippen LogP contribution in [0.2, 0.25) is 5.02 Å². The molecule has 1 fully saturated rings. The number of methoxy groups -OCH3 is 1. The Labute approximate surface area is 122 Å². The van der Waals surface area contributed by atoms with Gasteiger partial charge in [-0.05, 0) is 12.1 Å². The highest BCUT2D eigenvalue weighted by Gasteiger charge is 2.34. The normalized spacial score (nSPS) is 18.2. The van der Waals surface area contributed by atoms with Crippen LogP contribution in [0.4, 0.5) is 0 Å². The van der Waals surface area contributed by atoms with E-state index < -0.39 is 0 Å². The molecule has 0 aromatic heterocycles. The first-order valence-corrected chi connectivity index (χ1v) is 6.72. The number of ether oxygens (including phenoxy) is 2. The van der Waals surface area contributed by atoms with Gasteiger partial charge < -0.3 is 14.4 Å². The molecule has 1 unspecified atom stereocenters. The molecule has 108 valence electrons. The Morgan fingerprint density at radius 3 is 2.90 bits per heavy atom. The molecule has 1 atom stereocenters. The van der Waals surface area contributed by atoms with Crippen molar-refractivity contribution in [2.24, 2.45) is 5.92 Å². The lowest BCUT2D eigenvalue weighted by molar-refractivity contribution is -0.145. The van der Waals surface area contributed by atoms with E-state index in [1.54, 1.807) is 17.0 Å². The quantitative estimate of drug-likeness (QED) is 0.777. The largest absolute Gasteiger partial charge is 0.490 e. The Kier molecular flexibility index (Phi) is 4.84. The minimum Gasteiger partial charge on any atom is -0.490 e. The SMILES string of the molecule is COC(=O)C1CC(=O)N(CCOc2ccccc2Cl)C1. The van der Waals surface area contributed by atoms with Crippen molar-refractivity contribution in [3.63, 3.8) is 0 Å². The minimum absolute atomic E-state index is 0.0526. The molecule has 0 spiro atoms. The Bertz CT molecular complexity index is 506. The molecule has 1 heterocycles. The summed E-state index contributed by atoms with van der Waals surface area (Å²) in [7, 11) is 1.33. The Hall–Kier alpha value is -1.75. The number of likely N-dealkylation sites (tertiary alicyclic amines) is 1. The van der Waals surface area contributed by atoms with Gasteiger partial charge in [-0.3, -0.25) is 9.59 Å². The molecule has 6 heteroatoms. The molecule has 1 amide bonds. The summed E-state index contributed by atoms with van der Waals surface area (Å²) in [4.78, 5) is 24.8. The number of esters is 1. The fourth-order valence-electron chi connectivity index (χ4n) is 2.14. The van der Waals surface area contributed by atoms with Crippen LogP contribution in [0.3, 0.4) is 0 Å². The molecule has 0 N–H and O–H groups in total. The minimum atomic E-state index is -0.368. The summed E-state index contributed by atoms with van der Waals surface area (Å²) in [5.41, 5.74) is 0. The predicted molar refractivity (Wildman–Crippen MR) is 73.7 cm³/mol. The lowest BCUT2D eigenvalue weighted by atomic mass is 10.1. The van der Waals surface area contributed by atoms with E-state index in [1.807, 2.05) is 12.1 Å². The van der Waals surface area contributed by atoms with Gasteiger partial charge in [0.25, 0.3) is 0 Å². The topological polar surface area (TPSA) is 55.8 Å². The molecular formula is C14H16ClNO4. The third-order valence-electron chi connectivity index (χ3n) is 3.20. The van der Waals surface area contributed by atoms with E-state index >= 15 is 0 Å². The van der Waals surface area contributed by atoms with Gasteiger partial charge in [0.05, 0.1) is 24.6 Å². The number of carbonyl (C=O) groups is 2. The predicted octanol–water partition coefficient (Wildman–Crippen LogP) is 1.74. The molecule has 1 aliphatic rings. The second-order valence-corrected chi connectivity index (χ2v) is 4.95. The standard InChI is InChI=1S/C14H16ClNO4/c1-19-14(18)10-8-13(17)16(9-10)6-7-20-12-5-3-2-4-11(12)15/h2-5,10H,6-9H2,1H3. The molecule has 0 saturated carbocycles. The number of hydrogen-bond acceptors (Lipinski definition) is 4. The zero-order valence-corrected chi connectivity index (χ0v) is 11.9. The summed E-state index contributed by atoms with van der Waals surface area (Å²) >= 11 is 5.97. The van der Waals surface area contributed by atoms with E-state index in [9.17, 15) is 9.59 Å². The number of carbonyl (C=O) groups excluding carboxylic acids is 2. The smallest absolute Gasteiger partial charge is 0.310 e. The lowest BCUT2D eigenvalue weighted by Gasteiger charge is -2.16. The highest BCUT2D eigenvalue weighted by atomic mass is 35.5. The van der Waals surface area contributed by atoms with Crippen LogP contribution in [0.1, 0.15) is 6.42 Å². The number of amides is 1. The van der Waals surface area contributed by atoms with E-state index in [0.717, 1.165) is 0 Å². The van der Waals surface area contributed by atoms with Crippen molar-refractivity contribution >= 4 is 23.5 Å². The maximum atomic E-state index is 11.8. The van der Waals surface area contributed by atoms with Crippen molar-refractivity contribution in [3.8, 4) is 5.75 Å². The van der Waals surface area contributed by atoms with Gasteiger partial charge in [-0.15, -0.1) is 0 Å². The van der Waals surface area contributed by atoms with E-state index in [-0.39, 0.29) is 24.2 Å². The summed E-state index contributed by atoms with van der Waals surface area (Å²) in [6.45, 7) is 1.15. The van der Waals surface area contributed by atoms with Crippen LogP contribution in [0.25, 0.3) is 0 Å². The number of halogens is 1. The molecule has 0 aliphatic carbocycles. The number of benzene rings is 1. The second-order valence-electron chi connectivity index (χ2n) is 4.54. The summed E-state index contributed by atoms with van der Waals surface area (Å²) in [5, 5.41) is 0.535. The maximum Gasteiger partial charge on any atom is 0.310 e. The van der Waals surface area contributed by atoms with Crippen molar-refractivity contribution in [2.45, 2.75) is 6.42 Å². The molecule has 1 saturated heterocycles. The monoisotopic (exact) mass is 297 g/mol. The van der Waals surface area contributed by atoms with Crippen LogP contribution in [0.5, 0.6) is 5.75 Å². The first-order chi connectivity index (χ1) is 9.61. The average Bonchev–Trinajstić information content (AvgIpc) is 2.81. The van der Waals surface area contributed by atoms with Crippen molar-refractivity contribution in [3.05, 3.63) is 29.3 Å². The van der Waals surface area contributed by atoms with Crippen LogP contribution in [0, 0.1) is 5.92 Å². The van der Waals surface area contributed by atoms with Gasteiger partial charge in [-0.2, -0.15) is 0 Å². The molecule has 1 aromatic carbocycles. The molecule has 0 radical (unpaired) electrons. The molecular weight excluding hydrogens is 282 g/mol. The summed E-state index contributed by atoms with van der Waals surface area (Å²) in [6, 6.07) is 7.16. The van der Waals surface area contributed by atoms with E-state index in [2.05, 4.69) is 4.74 Å². The number of nitrogens with zero attached hydrogens (tertiary/aromatic N) is 1. The highest BCUT2D eigenvalue weighted by molar-refractivity contribution is 6.32. The van der Waals surface area contributed by atoms with Gasteiger partial charge >= 0.3 is 5.97 Å². The average molecular weight is 298 g/mol. The van der Waals surface area contributed by atoms with Crippen LogP contribution in [0.15, 0.2) is 24.3 Å². The van der Waals surface area contributed by atoms with E-state index in [4.69, 9.17) is 16.3 Å². The van der Waals surface area contributed by atoms with Gasteiger partial charge in [-0.1, -0.05) is 23.7 Å². The van der Waals surface area contributed by atoms with Gasteiger partial charge in [0.15, 0.2) is 0 Å². The lowest BCUT2D eigenvalue weighted by Crippen LogP contribution is -2.30. The van der Waals surface area contributed by atoms with Crippen LogP contribution < -0.4 is 4.74 Å². The Balaban J connectivity index is 1.82. The van der Waals surface area contributed by atoms with Gasteiger partial charge in [0, 0.05) is 13.0 Å². The number of hydrogen-bond donors (Lipinski definition) is 0.